The van der Waals surface area contributed by atoms with Crippen LogP contribution >= 0.6 is 0 Å². The highest BCUT2D eigenvalue weighted by Gasteiger charge is 2.09. The fraction of sp³-hybridized carbons (Fsp3) is 0.462. The zero-order valence-corrected chi connectivity index (χ0v) is 10.5. The van der Waals surface area contributed by atoms with Gasteiger partial charge in [-0.25, -0.2) is 0 Å². The molecule has 0 aromatic heterocycles. The van der Waals surface area contributed by atoms with Crippen LogP contribution in [0.3, 0.4) is 0 Å². The molecule has 1 aromatic rings. The van der Waals surface area contributed by atoms with Gasteiger partial charge in [-0.3, -0.25) is 4.79 Å². The Morgan fingerprint density at radius 1 is 1.47 bits per heavy atom. The zero-order valence-electron chi connectivity index (χ0n) is 10.5. The van der Waals surface area contributed by atoms with E-state index in [1.165, 1.54) is 0 Å². The van der Waals surface area contributed by atoms with Gasteiger partial charge in [-0.05, 0) is 24.6 Å². The average Bonchev–Trinajstić information content (AvgIpc) is 2.29. The van der Waals surface area contributed by atoms with Crippen LogP contribution in [-0.2, 0) is 16.0 Å². The number of nitrogens with two attached hydrogens (primary N) is 1. The van der Waals surface area contributed by atoms with Gasteiger partial charge in [-0.1, -0.05) is 12.1 Å². The van der Waals surface area contributed by atoms with Crippen molar-refractivity contribution >= 4 is 11.6 Å². The van der Waals surface area contributed by atoms with Gasteiger partial charge in [-0.2, -0.15) is 0 Å². The van der Waals surface area contributed by atoms with Gasteiger partial charge in [0.2, 0.25) is 5.91 Å². The first kappa shape index (κ1) is 13.5. The number of likely N-dealkylation sites (N-methyl/N-ethyl adjacent to an activating group) is 1. The molecule has 0 spiro atoms. The number of ether oxygens (including phenoxy) is 1. The molecule has 4 heteroatoms. The Kier molecular flexibility index (Phi) is 5.49. The van der Waals surface area contributed by atoms with E-state index in [0.717, 1.165) is 5.56 Å². The van der Waals surface area contributed by atoms with E-state index >= 15 is 0 Å². The normalized spacial score (nSPS) is 10.2. The van der Waals surface area contributed by atoms with Gasteiger partial charge >= 0.3 is 0 Å². The summed E-state index contributed by atoms with van der Waals surface area (Å²) in [5, 5.41) is 0. The molecule has 0 aliphatic rings. The van der Waals surface area contributed by atoms with Crippen LogP contribution in [0.5, 0.6) is 0 Å². The Bertz CT molecular complexity index is 366. The lowest BCUT2D eigenvalue weighted by Gasteiger charge is -2.17. The van der Waals surface area contributed by atoms with E-state index < -0.39 is 0 Å². The van der Waals surface area contributed by atoms with Crippen molar-refractivity contribution in [1.82, 2.24) is 4.90 Å². The van der Waals surface area contributed by atoms with E-state index in [1.54, 1.807) is 11.9 Å². The summed E-state index contributed by atoms with van der Waals surface area (Å²) in [6, 6.07) is 7.41. The lowest BCUT2D eigenvalue weighted by atomic mass is 10.1. The van der Waals surface area contributed by atoms with Gasteiger partial charge in [0.05, 0.1) is 13.0 Å². The SMILES string of the molecule is CCOCCN(C)C(=O)Cc1cccc(N)c1. The Hall–Kier alpha value is -1.55. The summed E-state index contributed by atoms with van der Waals surface area (Å²) in [5.74, 6) is 0.0790. The molecule has 1 aromatic carbocycles. The standard InChI is InChI=1S/C13H20N2O2/c1-3-17-8-7-15(2)13(16)10-11-5-4-6-12(14)9-11/h4-6,9H,3,7-8,10,14H2,1-2H3. The smallest absolute Gasteiger partial charge is 0.226 e. The number of hydrogen-bond acceptors (Lipinski definition) is 3. The fourth-order valence-electron chi connectivity index (χ4n) is 1.48. The number of carbonyl (C=O) groups is 1. The van der Waals surface area contributed by atoms with E-state index in [2.05, 4.69) is 0 Å². The predicted molar refractivity (Wildman–Crippen MR) is 68.7 cm³/mol. The molecule has 0 saturated heterocycles. The van der Waals surface area contributed by atoms with Crippen molar-refractivity contribution in [2.75, 3.05) is 32.5 Å². The van der Waals surface area contributed by atoms with E-state index in [9.17, 15) is 4.79 Å². The maximum absolute atomic E-state index is 11.8. The topological polar surface area (TPSA) is 55.6 Å². The third kappa shape index (κ3) is 4.87. The van der Waals surface area contributed by atoms with Crippen LogP contribution in [-0.4, -0.2) is 37.6 Å². The fourth-order valence-corrected chi connectivity index (χ4v) is 1.48. The second-order valence-electron chi connectivity index (χ2n) is 3.93. The maximum atomic E-state index is 11.8. The average molecular weight is 236 g/mol. The maximum Gasteiger partial charge on any atom is 0.226 e. The first-order chi connectivity index (χ1) is 8.13. The highest BCUT2D eigenvalue weighted by molar-refractivity contribution is 5.78. The molecule has 0 fully saturated rings. The minimum Gasteiger partial charge on any atom is -0.399 e. The quantitative estimate of drug-likeness (QED) is 0.598. The first-order valence-electron chi connectivity index (χ1n) is 5.79. The Morgan fingerprint density at radius 2 is 2.24 bits per heavy atom. The lowest BCUT2D eigenvalue weighted by Crippen LogP contribution is -2.31. The number of carbonyl (C=O) groups excluding carboxylic acids is 1. The lowest BCUT2D eigenvalue weighted by molar-refractivity contribution is -0.129. The van der Waals surface area contributed by atoms with Crippen LogP contribution in [0.25, 0.3) is 0 Å². The van der Waals surface area contributed by atoms with Crippen molar-refractivity contribution in [3.05, 3.63) is 29.8 Å². The molecule has 0 saturated carbocycles. The Morgan fingerprint density at radius 3 is 2.88 bits per heavy atom. The molecular formula is C13H20N2O2. The molecule has 1 amide bonds. The summed E-state index contributed by atoms with van der Waals surface area (Å²) in [5.41, 5.74) is 7.29. The summed E-state index contributed by atoms with van der Waals surface area (Å²) in [6.07, 6.45) is 0.383. The van der Waals surface area contributed by atoms with Gasteiger partial charge in [0.1, 0.15) is 0 Å². The summed E-state index contributed by atoms with van der Waals surface area (Å²) in [4.78, 5) is 13.5. The molecule has 0 bridgehead atoms. The monoisotopic (exact) mass is 236 g/mol. The third-order valence-corrected chi connectivity index (χ3v) is 2.51. The van der Waals surface area contributed by atoms with Crippen LogP contribution in [0.15, 0.2) is 24.3 Å². The molecule has 94 valence electrons. The molecule has 4 nitrogen and oxygen atoms in total. The molecule has 0 aliphatic heterocycles. The summed E-state index contributed by atoms with van der Waals surface area (Å²) in [7, 11) is 1.79. The highest BCUT2D eigenvalue weighted by atomic mass is 16.5. The second kappa shape index (κ2) is 6.91. The van der Waals surface area contributed by atoms with Gasteiger partial charge in [0.25, 0.3) is 0 Å². The molecule has 0 heterocycles. The molecule has 17 heavy (non-hydrogen) atoms. The van der Waals surface area contributed by atoms with E-state index in [-0.39, 0.29) is 5.91 Å². The van der Waals surface area contributed by atoms with Crippen molar-refractivity contribution in [1.29, 1.82) is 0 Å². The zero-order chi connectivity index (χ0) is 12.7. The van der Waals surface area contributed by atoms with Crippen LogP contribution < -0.4 is 5.73 Å². The molecule has 0 atom stereocenters. The van der Waals surface area contributed by atoms with Crippen LogP contribution in [0.4, 0.5) is 5.69 Å². The number of amides is 1. The van der Waals surface area contributed by atoms with Crippen molar-refractivity contribution < 1.29 is 9.53 Å². The number of rotatable bonds is 6. The Labute approximate surface area is 102 Å². The van der Waals surface area contributed by atoms with E-state index in [1.807, 2.05) is 31.2 Å². The molecule has 0 unspecified atom stereocenters. The Balaban J connectivity index is 2.43. The van der Waals surface area contributed by atoms with Crippen molar-refractivity contribution in [3.8, 4) is 0 Å². The van der Waals surface area contributed by atoms with Crippen molar-refractivity contribution in [2.24, 2.45) is 0 Å². The second-order valence-corrected chi connectivity index (χ2v) is 3.93. The first-order valence-corrected chi connectivity index (χ1v) is 5.79. The molecule has 0 radical (unpaired) electrons. The van der Waals surface area contributed by atoms with Crippen LogP contribution in [0.1, 0.15) is 12.5 Å². The number of hydrogen-bond donors (Lipinski definition) is 1. The van der Waals surface area contributed by atoms with Gasteiger partial charge in [0.15, 0.2) is 0 Å². The van der Waals surface area contributed by atoms with Gasteiger partial charge in [-0.15, -0.1) is 0 Å². The number of nitrogens with zero attached hydrogens (tertiary/aromatic N) is 1. The van der Waals surface area contributed by atoms with Crippen LogP contribution in [0, 0.1) is 0 Å². The molecule has 0 aliphatic carbocycles. The van der Waals surface area contributed by atoms with Gasteiger partial charge < -0.3 is 15.4 Å². The molecule has 2 N–H and O–H groups in total. The highest BCUT2D eigenvalue weighted by Crippen LogP contribution is 2.08. The molecular weight excluding hydrogens is 216 g/mol. The van der Waals surface area contributed by atoms with Crippen molar-refractivity contribution in [3.63, 3.8) is 0 Å². The van der Waals surface area contributed by atoms with Gasteiger partial charge in [0, 0.05) is 25.9 Å². The summed E-state index contributed by atoms with van der Waals surface area (Å²) >= 11 is 0. The minimum atomic E-state index is 0.0790. The third-order valence-electron chi connectivity index (χ3n) is 2.51. The van der Waals surface area contributed by atoms with E-state index in [0.29, 0.717) is 31.9 Å². The van der Waals surface area contributed by atoms with Crippen LogP contribution in [0.2, 0.25) is 0 Å². The summed E-state index contributed by atoms with van der Waals surface area (Å²) in [6.45, 7) is 3.82. The number of benzene rings is 1. The number of nitrogen functional groups attached to an aromatic ring is 1. The minimum absolute atomic E-state index is 0.0790. The predicted octanol–water partition coefficient (Wildman–Crippen LogP) is 1.31. The number of anilines is 1. The summed E-state index contributed by atoms with van der Waals surface area (Å²) < 4.78 is 5.21. The van der Waals surface area contributed by atoms with Crippen molar-refractivity contribution in [2.45, 2.75) is 13.3 Å². The molecule has 1 rings (SSSR count). The largest absolute Gasteiger partial charge is 0.399 e. The van der Waals surface area contributed by atoms with E-state index in [4.69, 9.17) is 10.5 Å².